The number of para-hydroxylation sites is 1. The van der Waals surface area contributed by atoms with Crippen molar-refractivity contribution >= 4 is 37.3 Å². The lowest BCUT2D eigenvalue weighted by atomic mass is 10.2. The third-order valence-electron chi connectivity index (χ3n) is 5.13. The SMILES string of the molecule is O=C(CN1CCN(Cc2nc3ccccc3s2)CC1)N[C@@H]1CCS(=O)(=O)C1. The van der Waals surface area contributed by atoms with Gasteiger partial charge in [0.2, 0.25) is 5.91 Å². The molecule has 3 heterocycles. The minimum Gasteiger partial charge on any atom is -0.351 e. The summed E-state index contributed by atoms with van der Waals surface area (Å²) in [6, 6.07) is 7.97. The molecule has 146 valence electrons. The van der Waals surface area contributed by atoms with Crippen molar-refractivity contribution in [2.75, 3.05) is 44.2 Å². The van der Waals surface area contributed by atoms with Gasteiger partial charge in [-0.05, 0) is 18.6 Å². The van der Waals surface area contributed by atoms with Crippen LogP contribution in [0, 0.1) is 0 Å². The number of nitrogens with one attached hydrogen (secondary N) is 1. The Morgan fingerprint density at radius 1 is 1.19 bits per heavy atom. The van der Waals surface area contributed by atoms with Crippen molar-refractivity contribution in [3.05, 3.63) is 29.3 Å². The molecule has 2 fully saturated rings. The van der Waals surface area contributed by atoms with Gasteiger partial charge in [-0.25, -0.2) is 13.4 Å². The highest BCUT2D eigenvalue weighted by Crippen LogP contribution is 2.23. The first-order valence-corrected chi connectivity index (χ1v) is 11.9. The molecule has 0 spiro atoms. The van der Waals surface area contributed by atoms with E-state index in [0.29, 0.717) is 13.0 Å². The van der Waals surface area contributed by atoms with Crippen LogP contribution in [0.2, 0.25) is 0 Å². The summed E-state index contributed by atoms with van der Waals surface area (Å²) in [6.07, 6.45) is 0.532. The Kier molecular flexibility index (Phi) is 5.45. The summed E-state index contributed by atoms with van der Waals surface area (Å²) >= 11 is 1.74. The summed E-state index contributed by atoms with van der Waals surface area (Å²) < 4.78 is 24.2. The van der Waals surface area contributed by atoms with E-state index in [1.165, 1.54) is 4.70 Å². The molecule has 27 heavy (non-hydrogen) atoms. The molecule has 1 atom stereocenters. The Morgan fingerprint density at radius 3 is 2.63 bits per heavy atom. The number of nitrogens with zero attached hydrogens (tertiary/aromatic N) is 3. The molecule has 7 nitrogen and oxygen atoms in total. The molecular formula is C18H24N4O3S2. The van der Waals surface area contributed by atoms with E-state index in [1.807, 2.05) is 18.2 Å². The zero-order chi connectivity index (χ0) is 18.9. The maximum atomic E-state index is 12.2. The topological polar surface area (TPSA) is 82.6 Å². The second kappa shape index (κ2) is 7.83. The number of rotatable bonds is 5. The fourth-order valence-electron chi connectivity index (χ4n) is 3.67. The van der Waals surface area contributed by atoms with Crippen molar-refractivity contribution < 1.29 is 13.2 Å². The smallest absolute Gasteiger partial charge is 0.234 e. The lowest BCUT2D eigenvalue weighted by molar-refractivity contribution is -0.123. The summed E-state index contributed by atoms with van der Waals surface area (Å²) in [7, 11) is -2.96. The standard InChI is InChI=1S/C18H24N4O3S2/c23-17(19-14-5-10-27(24,25)13-14)11-21-6-8-22(9-7-21)12-18-20-15-3-1-2-4-16(15)26-18/h1-4,14H,5-13H2,(H,19,23)/t14-/m1/s1. The number of carbonyl (C=O) groups is 1. The van der Waals surface area contributed by atoms with E-state index in [9.17, 15) is 13.2 Å². The summed E-state index contributed by atoms with van der Waals surface area (Å²) in [5.41, 5.74) is 1.06. The first-order valence-electron chi connectivity index (χ1n) is 9.26. The van der Waals surface area contributed by atoms with Crippen molar-refractivity contribution in [2.45, 2.75) is 19.0 Å². The fraction of sp³-hybridized carbons (Fsp3) is 0.556. The summed E-state index contributed by atoms with van der Waals surface area (Å²) in [6.45, 7) is 4.66. The number of hydrogen-bond acceptors (Lipinski definition) is 7. The second-order valence-electron chi connectivity index (χ2n) is 7.30. The van der Waals surface area contributed by atoms with Crippen molar-refractivity contribution in [3.8, 4) is 0 Å². The van der Waals surface area contributed by atoms with Crippen molar-refractivity contribution in [2.24, 2.45) is 0 Å². The molecule has 1 N–H and O–H groups in total. The Balaban J connectivity index is 1.22. The zero-order valence-corrected chi connectivity index (χ0v) is 16.8. The highest BCUT2D eigenvalue weighted by atomic mass is 32.2. The molecule has 1 aromatic carbocycles. The number of thiazole rings is 1. The Labute approximate surface area is 163 Å². The van der Waals surface area contributed by atoms with Crippen LogP contribution in [0.5, 0.6) is 0 Å². The molecule has 0 saturated carbocycles. The predicted molar refractivity (Wildman–Crippen MR) is 107 cm³/mol. The quantitative estimate of drug-likeness (QED) is 0.785. The molecule has 0 unspecified atom stereocenters. The summed E-state index contributed by atoms with van der Waals surface area (Å²) in [5, 5.41) is 4.00. The molecule has 1 amide bonds. The van der Waals surface area contributed by atoms with E-state index in [0.717, 1.165) is 43.2 Å². The predicted octanol–water partition coefficient (Wildman–Crippen LogP) is 0.717. The average Bonchev–Trinajstić information content (AvgIpc) is 3.18. The number of hydrogen-bond donors (Lipinski definition) is 1. The molecule has 4 rings (SSSR count). The lowest BCUT2D eigenvalue weighted by Gasteiger charge is -2.33. The van der Waals surface area contributed by atoms with E-state index in [2.05, 4.69) is 21.2 Å². The van der Waals surface area contributed by atoms with Crippen LogP contribution in [0.3, 0.4) is 0 Å². The van der Waals surface area contributed by atoms with Crippen molar-refractivity contribution in [1.82, 2.24) is 20.1 Å². The zero-order valence-electron chi connectivity index (χ0n) is 15.1. The molecule has 0 radical (unpaired) electrons. The molecule has 9 heteroatoms. The highest BCUT2D eigenvalue weighted by molar-refractivity contribution is 7.91. The normalized spacial score (nSPS) is 23.6. The molecule has 0 bridgehead atoms. The molecule has 2 aliphatic heterocycles. The van der Waals surface area contributed by atoms with Gasteiger partial charge in [-0.3, -0.25) is 14.6 Å². The third-order valence-corrected chi connectivity index (χ3v) is 7.92. The van der Waals surface area contributed by atoms with Crippen LogP contribution in [0.1, 0.15) is 11.4 Å². The van der Waals surface area contributed by atoms with E-state index in [1.54, 1.807) is 11.3 Å². The van der Waals surface area contributed by atoms with E-state index in [-0.39, 0.29) is 23.5 Å². The Morgan fingerprint density at radius 2 is 1.93 bits per heavy atom. The maximum Gasteiger partial charge on any atom is 0.234 e. The third kappa shape index (κ3) is 4.84. The lowest BCUT2D eigenvalue weighted by Crippen LogP contribution is -2.50. The molecule has 1 aromatic heterocycles. The molecule has 2 aliphatic rings. The van der Waals surface area contributed by atoms with Crippen molar-refractivity contribution in [1.29, 1.82) is 0 Å². The monoisotopic (exact) mass is 408 g/mol. The van der Waals surface area contributed by atoms with Crippen LogP contribution in [0.4, 0.5) is 0 Å². The number of sulfone groups is 1. The van der Waals surface area contributed by atoms with Gasteiger partial charge in [0.25, 0.3) is 0 Å². The van der Waals surface area contributed by atoms with E-state index < -0.39 is 9.84 Å². The first kappa shape index (κ1) is 18.8. The van der Waals surface area contributed by atoms with E-state index in [4.69, 9.17) is 4.98 Å². The average molecular weight is 409 g/mol. The number of amides is 1. The van der Waals surface area contributed by atoms with Gasteiger partial charge in [0, 0.05) is 32.2 Å². The number of benzene rings is 1. The number of piperazine rings is 1. The second-order valence-corrected chi connectivity index (χ2v) is 10.6. The molecular weight excluding hydrogens is 384 g/mol. The maximum absolute atomic E-state index is 12.2. The van der Waals surface area contributed by atoms with Crippen LogP contribution in [-0.2, 0) is 21.2 Å². The molecule has 0 aliphatic carbocycles. The van der Waals surface area contributed by atoms with Crippen LogP contribution in [0.25, 0.3) is 10.2 Å². The Hall–Kier alpha value is -1.55. The first-order chi connectivity index (χ1) is 13.0. The molecule has 2 aromatic rings. The summed E-state index contributed by atoms with van der Waals surface area (Å²) in [5.74, 6) is 0.189. The van der Waals surface area contributed by atoms with Gasteiger partial charge >= 0.3 is 0 Å². The number of fused-ring (bicyclic) bond motifs is 1. The van der Waals surface area contributed by atoms with Gasteiger partial charge in [-0.15, -0.1) is 11.3 Å². The van der Waals surface area contributed by atoms with Gasteiger partial charge in [0.1, 0.15) is 5.01 Å². The van der Waals surface area contributed by atoms with Crippen molar-refractivity contribution in [3.63, 3.8) is 0 Å². The minimum absolute atomic E-state index is 0.0725. The van der Waals surface area contributed by atoms with Gasteiger partial charge in [0.15, 0.2) is 9.84 Å². The Bertz CT molecular complexity index is 887. The van der Waals surface area contributed by atoms with Gasteiger partial charge in [0.05, 0.1) is 34.8 Å². The molecule has 2 saturated heterocycles. The van der Waals surface area contributed by atoms with E-state index >= 15 is 0 Å². The number of aromatic nitrogens is 1. The van der Waals surface area contributed by atoms with Gasteiger partial charge < -0.3 is 5.32 Å². The van der Waals surface area contributed by atoms with Crippen LogP contribution >= 0.6 is 11.3 Å². The minimum atomic E-state index is -2.96. The van der Waals surface area contributed by atoms with Gasteiger partial charge in [-0.2, -0.15) is 0 Å². The van der Waals surface area contributed by atoms with Crippen LogP contribution < -0.4 is 5.32 Å². The largest absolute Gasteiger partial charge is 0.351 e. The van der Waals surface area contributed by atoms with Crippen LogP contribution in [0.15, 0.2) is 24.3 Å². The van der Waals surface area contributed by atoms with Gasteiger partial charge in [-0.1, -0.05) is 12.1 Å². The van der Waals surface area contributed by atoms with Crippen LogP contribution in [-0.4, -0.2) is 79.4 Å². The fourth-order valence-corrected chi connectivity index (χ4v) is 6.35. The number of carbonyl (C=O) groups excluding carboxylic acids is 1. The summed E-state index contributed by atoms with van der Waals surface area (Å²) in [4.78, 5) is 21.4. The highest BCUT2D eigenvalue weighted by Gasteiger charge is 2.29.